The highest BCUT2D eigenvalue weighted by atomic mass is 35.5. The smallest absolute Gasteiger partial charge is 0.246 e. The van der Waals surface area contributed by atoms with Gasteiger partial charge in [0.1, 0.15) is 5.82 Å². The van der Waals surface area contributed by atoms with Crippen molar-refractivity contribution in [1.29, 1.82) is 0 Å². The van der Waals surface area contributed by atoms with Crippen LogP contribution >= 0.6 is 11.6 Å². The van der Waals surface area contributed by atoms with Crippen molar-refractivity contribution < 1.29 is 0 Å². The monoisotopic (exact) mass is 237 g/mol. The third kappa shape index (κ3) is 1.88. The number of aromatic amines is 1. The summed E-state index contributed by atoms with van der Waals surface area (Å²) in [6.45, 7) is 2.04. The van der Waals surface area contributed by atoms with Crippen LogP contribution < -0.4 is 5.69 Å². The van der Waals surface area contributed by atoms with Crippen LogP contribution in [0.15, 0.2) is 29.1 Å². The first-order valence-corrected chi connectivity index (χ1v) is 5.53. The normalized spacial score (nSPS) is 10.6. The van der Waals surface area contributed by atoms with E-state index in [2.05, 4.69) is 10.2 Å². The van der Waals surface area contributed by atoms with E-state index in [1.807, 2.05) is 19.1 Å². The molecule has 0 fully saturated rings. The fourth-order valence-corrected chi connectivity index (χ4v) is 1.82. The molecule has 2 rings (SSSR count). The Morgan fingerprint density at radius 3 is 2.88 bits per heavy atom. The predicted molar refractivity (Wildman–Crippen MR) is 63.2 cm³/mol. The van der Waals surface area contributed by atoms with Crippen LogP contribution in [0, 0.1) is 0 Å². The van der Waals surface area contributed by atoms with Crippen molar-refractivity contribution in [3.63, 3.8) is 0 Å². The van der Waals surface area contributed by atoms with Crippen LogP contribution in [-0.2, 0) is 6.42 Å². The summed E-state index contributed by atoms with van der Waals surface area (Å²) in [4.78, 5) is 11.7. The Labute approximate surface area is 97.9 Å². The van der Waals surface area contributed by atoms with Crippen LogP contribution in [0.5, 0.6) is 0 Å². The Kier molecular flexibility index (Phi) is 3.10. The van der Waals surface area contributed by atoms with Gasteiger partial charge in [0, 0.05) is 6.42 Å². The van der Waals surface area contributed by atoms with Gasteiger partial charge in [0.05, 0.1) is 10.7 Å². The zero-order chi connectivity index (χ0) is 11.5. The van der Waals surface area contributed by atoms with Gasteiger partial charge >= 0.3 is 5.69 Å². The third-order valence-electron chi connectivity index (χ3n) is 2.31. The number of hydrogen-bond donors (Lipinski definition) is 1. The first-order chi connectivity index (χ1) is 7.74. The molecule has 0 aliphatic heterocycles. The molecular formula is C11H12ClN3O. The van der Waals surface area contributed by atoms with Gasteiger partial charge < -0.3 is 0 Å². The van der Waals surface area contributed by atoms with Crippen LogP contribution in [-0.4, -0.2) is 14.8 Å². The van der Waals surface area contributed by atoms with Crippen LogP contribution in [0.1, 0.15) is 19.2 Å². The number of nitrogens with one attached hydrogen (secondary N) is 1. The van der Waals surface area contributed by atoms with Gasteiger partial charge in [-0.25, -0.2) is 14.5 Å². The van der Waals surface area contributed by atoms with Crippen molar-refractivity contribution >= 4 is 11.6 Å². The van der Waals surface area contributed by atoms with E-state index in [4.69, 9.17) is 11.6 Å². The topological polar surface area (TPSA) is 50.7 Å². The van der Waals surface area contributed by atoms with E-state index in [9.17, 15) is 4.79 Å². The first-order valence-electron chi connectivity index (χ1n) is 5.15. The zero-order valence-corrected chi connectivity index (χ0v) is 9.66. The number of aryl methyl sites for hydroxylation is 1. The van der Waals surface area contributed by atoms with Crippen molar-refractivity contribution in [2.24, 2.45) is 0 Å². The number of halogens is 1. The molecule has 0 spiro atoms. The Morgan fingerprint density at radius 1 is 1.44 bits per heavy atom. The molecule has 0 amide bonds. The van der Waals surface area contributed by atoms with E-state index in [0.717, 1.165) is 12.8 Å². The molecule has 0 unspecified atom stereocenters. The molecule has 4 nitrogen and oxygen atoms in total. The summed E-state index contributed by atoms with van der Waals surface area (Å²) < 4.78 is 1.52. The number of para-hydroxylation sites is 1. The lowest BCUT2D eigenvalue weighted by atomic mass is 10.3. The summed E-state index contributed by atoms with van der Waals surface area (Å²) >= 11 is 6.06. The lowest BCUT2D eigenvalue weighted by Gasteiger charge is -2.06. The molecule has 0 saturated heterocycles. The van der Waals surface area contributed by atoms with Crippen molar-refractivity contribution in [1.82, 2.24) is 14.8 Å². The fourth-order valence-electron chi connectivity index (χ4n) is 1.60. The van der Waals surface area contributed by atoms with Gasteiger partial charge in [0.25, 0.3) is 0 Å². The molecule has 0 radical (unpaired) electrons. The summed E-state index contributed by atoms with van der Waals surface area (Å²) in [6, 6.07) is 7.23. The minimum Gasteiger partial charge on any atom is -0.246 e. The molecule has 0 atom stereocenters. The Bertz CT molecular complexity index is 544. The number of H-pyrrole nitrogens is 1. The second-order valence-corrected chi connectivity index (χ2v) is 3.89. The maximum atomic E-state index is 11.7. The van der Waals surface area contributed by atoms with E-state index in [1.165, 1.54) is 4.57 Å². The molecule has 1 N–H and O–H groups in total. The molecule has 16 heavy (non-hydrogen) atoms. The minimum atomic E-state index is -0.253. The highest BCUT2D eigenvalue weighted by molar-refractivity contribution is 6.32. The second kappa shape index (κ2) is 4.53. The highest BCUT2D eigenvalue weighted by Crippen LogP contribution is 2.19. The highest BCUT2D eigenvalue weighted by Gasteiger charge is 2.11. The van der Waals surface area contributed by atoms with Gasteiger partial charge in [-0.05, 0) is 18.6 Å². The van der Waals surface area contributed by atoms with E-state index in [-0.39, 0.29) is 5.69 Å². The molecule has 1 heterocycles. The molecule has 5 heteroatoms. The Hall–Kier alpha value is -1.55. The zero-order valence-electron chi connectivity index (χ0n) is 8.90. The maximum Gasteiger partial charge on any atom is 0.347 e. The van der Waals surface area contributed by atoms with E-state index in [0.29, 0.717) is 16.5 Å². The fraction of sp³-hybridized carbons (Fsp3) is 0.273. The molecule has 84 valence electrons. The largest absolute Gasteiger partial charge is 0.347 e. The van der Waals surface area contributed by atoms with Crippen molar-refractivity contribution in [3.8, 4) is 5.69 Å². The summed E-state index contributed by atoms with van der Waals surface area (Å²) in [6.07, 6.45) is 1.67. The summed E-state index contributed by atoms with van der Waals surface area (Å²) in [5.74, 6) is 0.709. The van der Waals surface area contributed by atoms with Gasteiger partial charge in [0.15, 0.2) is 0 Å². The first kappa shape index (κ1) is 11.0. The van der Waals surface area contributed by atoms with Gasteiger partial charge in [0.2, 0.25) is 0 Å². The number of benzene rings is 1. The lowest BCUT2D eigenvalue weighted by Crippen LogP contribution is -2.17. The van der Waals surface area contributed by atoms with Gasteiger partial charge in [-0.2, -0.15) is 5.10 Å². The van der Waals surface area contributed by atoms with Gasteiger partial charge in [-0.15, -0.1) is 0 Å². The van der Waals surface area contributed by atoms with Crippen molar-refractivity contribution in [3.05, 3.63) is 45.6 Å². The van der Waals surface area contributed by atoms with E-state index in [1.54, 1.807) is 12.1 Å². The SMILES string of the molecule is CCCc1n[nH]c(=O)n1-c1ccccc1Cl. The molecule has 2 aromatic rings. The minimum absolute atomic E-state index is 0.253. The quantitative estimate of drug-likeness (QED) is 0.890. The van der Waals surface area contributed by atoms with Crippen molar-refractivity contribution in [2.45, 2.75) is 19.8 Å². The number of rotatable bonds is 3. The number of hydrogen-bond acceptors (Lipinski definition) is 2. The average molecular weight is 238 g/mol. The number of nitrogens with zero attached hydrogens (tertiary/aromatic N) is 2. The predicted octanol–water partition coefficient (Wildman–Crippen LogP) is 2.17. The molecule has 1 aromatic heterocycles. The molecule has 0 aliphatic carbocycles. The van der Waals surface area contributed by atoms with Crippen LogP contribution in [0.3, 0.4) is 0 Å². The number of aromatic nitrogens is 3. The van der Waals surface area contributed by atoms with E-state index < -0.39 is 0 Å². The molecule has 1 aromatic carbocycles. The second-order valence-electron chi connectivity index (χ2n) is 3.48. The van der Waals surface area contributed by atoms with Gasteiger partial charge in [-0.1, -0.05) is 30.7 Å². The van der Waals surface area contributed by atoms with Crippen LogP contribution in [0.25, 0.3) is 5.69 Å². The Balaban J connectivity index is 2.59. The van der Waals surface area contributed by atoms with Crippen molar-refractivity contribution in [2.75, 3.05) is 0 Å². The van der Waals surface area contributed by atoms with Crippen LogP contribution in [0.2, 0.25) is 5.02 Å². The Morgan fingerprint density at radius 2 is 2.19 bits per heavy atom. The van der Waals surface area contributed by atoms with Gasteiger partial charge in [-0.3, -0.25) is 0 Å². The standard InChI is InChI=1S/C11H12ClN3O/c1-2-5-10-13-14-11(16)15(10)9-7-4-3-6-8(9)12/h3-4,6-7H,2,5H2,1H3,(H,14,16). The average Bonchev–Trinajstić information content (AvgIpc) is 2.62. The summed E-state index contributed by atoms with van der Waals surface area (Å²) in [5.41, 5.74) is 0.419. The molecule has 0 saturated carbocycles. The molecular weight excluding hydrogens is 226 g/mol. The van der Waals surface area contributed by atoms with E-state index >= 15 is 0 Å². The molecule has 0 aliphatic rings. The van der Waals surface area contributed by atoms with Crippen LogP contribution in [0.4, 0.5) is 0 Å². The third-order valence-corrected chi connectivity index (χ3v) is 2.63. The summed E-state index contributed by atoms with van der Waals surface area (Å²) in [5, 5.41) is 6.98. The lowest BCUT2D eigenvalue weighted by molar-refractivity contribution is 0.798. The summed E-state index contributed by atoms with van der Waals surface area (Å²) in [7, 11) is 0. The maximum absolute atomic E-state index is 11.7. The molecule has 0 bridgehead atoms.